The molecule has 0 aromatic heterocycles. The van der Waals surface area contributed by atoms with Gasteiger partial charge >= 0.3 is 0 Å². The lowest BCUT2D eigenvalue weighted by Crippen LogP contribution is -2.00. The molecule has 8 nitrogen and oxygen atoms in total. The summed E-state index contributed by atoms with van der Waals surface area (Å²) in [5, 5.41) is 9.40. The van der Waals surface area contributed by atoms with Crippen LogP contribution in [0.2, 0.25) is 0 Å². The highest BCUT2D eigenvalue weighted by Gasteiger charge is 2.27. The van der Waals surface area contributed by atoms with E-state index in [1.165, 1.54) is 0 Å². The monoisotopic (exact) mass is 666 g/mol. The Morgan fingerprint density at radius 1 is 0.340 bits per heavy atom. The van der Waals surface area contributed by atoms with Crippen molar-refractivity contribution < 1.29 is 37.9 Å². The van der Waals surface area contributed by atoms with Gasteiger partial charge in [-0.25, -0.2) is 0 Å². The molecule has 50 heavy (non-hydrogen) atoms. The van der Waals surface area contributed by atoms with Crippen LogP contribution in [0.5, 0.6) is 46.0 Å². The zero-order valence-electron chi connectivity index (χ0n) is 29.0. The maximum absolute atomic E-state index is 6.14. The highest BCUT2D eigenvalue weighted by atomic mass is 16.5. The summed E-state index contributed by atoms with van der Waals surface area (Å²) in [6.07, 6.45) is 12.2. The molecule has 7 aromatic carbocycles. The number of benzene rings is 7. The molecule has 7 rings (SSSR count). The summed E-state index contributed by atoms with van der Waals surface area (Å²) >= 11 is 0. The van der Waals surface area contributed by atoms with Crippen LogP contribution in [0.1, 0.15) is 11.1 Å². The second kappa shape index (κ2) is 12.3. The Hall–Kier alpha value is -6.38. The smallest absolute Gasteiger partial charge is 0.169 e. The summed E-state index contributed by atoms with van der Waals surface area (Å²) in [4.78, 5) is 0. The minimum Gasteiger partial charge on any atom is -0.496 e. The van der Waals surface area contributed by atoms with E-state index in [4.69, 9.17) is 50.7 Å². The van der Waals surface area contributed by atoms with Gasteiger partial charge in [-0.3, -0.25) is 0 Å². The van der Waals surface area contributed by atoms with Gasteiger partial charge < -0.3 is 37.9 Å². The summed E-state index contributed by atoms with van der Waals surface area (Å²) < 4.78 is 48.4. The predicted molar refractivity (Wildman–Crippen MR) is 200 cm³/mol. The van der Waals surface area contributed by atoms with E-state index in [2.05, 4.69) is 11.8 Å². The van der Waals surface area contributed by atoms with Gasteiger partial charge in [-0.05, 0) is 36.4 Å². The summed E-state index contributed by atoms with van der Waals surface area (Å²) in [6.45, 7) is 0. The normalized spacial score (nSPS) is 11.2. The zero-order chi connectivity index (χ0) is 35.4. The molecule has 8 heteroatoms. The molecule has 0 bridgehead atoms. The van der Waals surface area contributed by atoms with Crippen molar-refractivity contribution in [1.29, 1.82) is 0 Å². The predicted octanol–water partition coefficient (Wildman–Crippen LogP) is 8.64. The van der Waals surface area contributed by atoms with E-state index < -0.39 is 0 Å². The number of rotatable bonds is 8. The lowest BCUT2D eigenvalue weighted by molar-refractivity contribution is 0.362. The van der Waals surface area contributed by atoms with Crippen LogP contribution >= 0.6 is 0 Å². The van der Waals surface area contributed by atoms with Gasteiger partial charge in [0.1, 0.15) is 34.5 Å². The number of terminal acetylenes is 2. The van der Waals surface area contributed by atoms with Crippen LogP contribution in [0.25, 0.3) is 64.6 Å². The fourth-order valence-corrected chi connectivity index (χ4v) is 7.51. The third kappa shape index (κ3) is 4.22. The third-order valence-electron chi connectivity index (χ3n) is 9.51. The van der Waals surface area contributed by atoms with E-state index in [9.17, 15) is 0 Å². The summed E-state index contributed by atoms with van der Waals surface area (Å²) in [6, 6.07) is 15.5. The maximum Gasteiger partial charge on any atom is 0.169 e. The van der Waals surface area contributed by atoms with Crippen LogP contribution < -0.4 is 37.9 Å². The van der Waals surface area contributed by atoms with Gasteiger partial charge in [-0.1, -0.05) is 11.8 Å². The van der Waals surface area contributed by atoms with Gasteiger partial charge in [0.25, 0.3) is 0 Å². The van der Waals surface area contributed by atoms with E-state index in [1.54, 1.807) is 69.0 Å². The molecular formula is C42H34O8. The molecule has 0 amide bonds. The highest BCUT2D eigenvalue weighted by molar-refractivity contribution is 6.39. The fourth-order valence-electron chi connectivity index (χ4n) is 7.51. The Labute approximate surface area is 289 Å². The fraction of sp³-hybridized carbons (Fsp3) is 0.190. The lowest BCUT2D eigenvalue weighted by Gasteiger charge is -2.23. The largest absolute Gasteiger partial charge is 0.496 e. The quantitative estimate of drug-likeness (QED) is 0.118. The van der Waals surface area contributed by atoms with Crippen LogP contribution in [0, 0.1) is 24.7 Å². The van der Waals surface area contributed by atoms with Gasteiger partial charge in [0.15, 0.2) is 11.5 Å². The first-order valence-corrected chi connectivity index (χ1v) is 15.6. The number of fused-ring (bicyclic) bond motifs is 11. The van der Waals surface area contributed by atoms with Crippen molar-refractivity contribution in [1.82, 2.24) is 0 Å². The number of hydrogen-bond donors (Lipinski definition) is 0. The zero-order valence-corrected chi connectivity index (χ0v) is 29.0. The highest BCUT2D eigenvalue weighted by Crippen LogP contribution is 2.55. The molecule has 0 saturated carbocycles. The molecule has 0 spiro atoms. The summed E-state index contributed by atoms with van der Waals surface area (Å²) in [5.74, 6) is 10.1. The molecule has 0 aliphatic carbocycles. The average Bonchev–Trinajstić information content (AvgIpc) is 3.16. The molecule has 7 aromatic rings. The van der Waals surface area contributed by atoms with Crippen molar-refractivity contribution in [3.8, 4) is 70.7 Å². The van der Waals surface area contributed by atoms with Crippen LogP contribution in [0.3, 0.4) is 0 Å². The molecule has 0 unspecified atom stereocenters. The minimum absolute atomic E-state index is 0.517. The van der Waals surface area contributed by atoms with Gasteiger partial charge in [0.2, 0.25) is 0 Å². The number of methoxy groups -OCH3 is 8. The van der Waals surface area contributed by atoms with Crippen LogP contribution in [-0.4, -0.2) is 56.9 Å². The summed E-state index contributed by atoms with van der Waals surface area (Å²) in [7, 11) is 13.0. The van der Waals surface area contributed by atoms with Crippen molar-refractivity contribution in [2.75, 3.05) is 56.9 Å². The average molecular weight is 667 g/mol. The van der Waals surface area contributed by atoms with Gasteiger partial charge in [0.05, 0.1) is 68.0 Å². The minimum atomic E-state index is 0.517. The van der Waals surface area contributed by atoms with Gasteiger partial charge in [-0.2, -0.15) is 0 Å². The van der Waals surface area contributed by atoms with E-state index in [0.29, 0.717) is 57.1 Å². The van der Waals surface area contributed by atoms with Crippen molar-refractivity contribution >= 4 is 64.6 Å². The number of ether oxygens (including phenoxy) is 8. The first kappa shape index (κ1) is 32.2. The Kier molecular flexibility index (Phi) is 7.89. The van der Waals surface area contributed by atoms with E-state index in [1.807, 2.05) is 36.4 Å². The molecule has 0 atom stereocenters. The van der Waals surface area contributed by atoms with Crippen LogP contribution in [0.4, 0.5) is 0 Å². The Balaban J connectivity index is 2.00. The second-order valence-corrected chi connectivity index (χ2v) is 11.5. The molecule has 0 radical (unpaired) electrons. The Morgan fingerprint density at radius 2 is 0.640 bits per heavy atom. The van der Waals surface area contributed by atoms with E-state index >= 15 is 0 Å². The van der Waals surface area contributed by atoms with Gasteiger partial charge in [-0.15, -0.1) is 12.8 Å². The molecule has 0 aliphatic rings. The van der Waals surface area contributed by atoms with Gasteiger partial charge in [0, 0.05) is 76.8 Å². The molecule has 250 valence electrons. The van der Waals surface area contributed by atoms with E-state index in [0.717, 1.165) is 64.6 Å². The topological polar surface area (TPSA) is 73.8 Å². The van der Waals surface area contributed by atoms with Crippen molar-refractivity contribution in [2.45, 2.75) is 0 Å². The van der Waals surface area contributed by atoms with Crippen molar-refractivity contribution in [3.05, 3.63) is 59.7 Å². The molecule has 0 N–H and O–H groups in total. The molecule has 0 aliphatic heterocycles. The first-order chi connectivity index (χ1) is 24.4. The molecule has 0 heterocycles. The van der Waals surface area contributed by atoms with Crippen LogP contribution in [-0.2, 0) is 0 Å². The Morgan fingerprint density at radius 3 is 0.940 bits per heavy atom. The lowest BCUT2D eigenvalue weighted by atomic mass is 9.86. The second-order valence-electron chi connectivity index (χ2n) is 11.5. The molecule has 0 saturated heterocycles. The summed E-state index contributed by atoms with van der Waals surface area (Å²) in [5.41, 5.74) is 1.07. The van der Waals surface area contributed by atoms with Crippen molar-refractivity contribution in [2.24, 2.45) is 0 Å². The first-order valence-electron chi connectivity index (χ1n) is 15.6. The molecular weight excluding hydrogens is 632 g/mol. The molecule has 0 fully saturated rings. The Bertz CT molecular complexity index is 2470. The SMILES string of the molecule is C#Cc1cc(OC)c2cc(OC)c3ccc4c(OC)c(OC)c5ccc6c(OC)cc7c(OC)cc(C#C)c(OC)c7c6c5c4c3c2c1OC. The van der Waals surface area contributed by atoms with E-state index in [-0.39, 0.29) is 0 Å². The van der Waals surface area contributed by atoms with Crippen LogP contribution in [0.15, 0.2) is 48.5 Å². The maximum atomic E-state index is 6.14. The van der Waals surface area contributed by atoms with Crippen molar-refractivity contribution in [3.63, 3.8) is 0 Å². The standard InChI is InChI=1S/C42H34O8/c1-11-21-17-29(43-3)27-19-31(45-5)23-13-15-25-35(33(23)37(27)39(21)47-7)36-26(42(50-10)41(25)49-9)16-14-24-32(46-6)20-28-30(44-4)18-22(12-2)40(48-8)38(28)34(24)36/h1-2,13-20H,3-10H3. The third-order valence-corrected chi connectivity index (χ3v) is 9.51. The number of hydrogen-bond acceptors (Lipinski definition) is 8.